The lowest BCUT2D eigenvalue weighted by atomic mass is 9.87. The van der Waals surface area contributed by atoms with Gasteiger partial charge in [-0.3, -0.25) is 0 Å². The molecule has 0 spiro atoms. The van der Waals surface area contributed by atoms with E-state index in [0.717, 1.165) is 38.8 Å². The molecule has 1 aliphatic heterocycles. The van der Waals surface area contributed by atoms with Gasteiger partial charge in [0.05, 0.1) is 13.1 Å². The predicted molar refractivity (Wildman–Crippen MR) is 66.3 cm³/mol. The Morgan fingerprint density at radius 3 is 2.53 bits per heavy atom. The molecular formula is C10H18Br2NO2+. The summed E-state index contributed by atoms with van der Waals surface area (Å²) in [6.45, 7) is 4.25. The number of hydrogen-bond acceptors (Lipinski definition) is 2. The lowest BCUT2D eigenvalue weighted by Crippen LogP contribution is -2.88. The molecule has 0 aromatic heterocycles. The van der Waals surface area contributed by atoms with E-state index in [-0.39, 0.29) is 15.3 Å². The largest absolute Gasteiger partial charge is 0.457 e. The third-order valence-electron chi connectivity index (χ3n) is 2.81. The van der Waals surface area contributed by atoms with Crippen LogP contribution in [0.4, 0.5) is 0 Å². The van der Waals surface area contributed by atoms with Gasteiger partial charge in [-0.15, -0.1) is 0 Å². The Balaban J connectivity index is 2.59. The monoisotopic (exact) mass is 342 g/mol. The fraction of sp³-hybridized carbons (Fsp3) is 0.900. The summed E-state index contributed by atoms with van der Waals surface area (Å²) >= 11 is 6.35. The van der Waals surface area contributed by atoms with Crippen molar-refractivity contribution in [2.24, 2.45) is 0 Å². The van der Waals surface area contributed by atoms with Crippen molar-refractivity contribution in [1.29, 1.82) is 0 Å². The topological polar surface area (TPSA) is 42.9 Å². The summed E-state index contributed by atoms with van der Waals surface area (Å²) in [5.74, 6) is -0.203. The highest BCUT2D eigenvalue weighted by Gasteiger charge is 2.37. The van der Waals surface area contributed by atoms with Gasteiger partial charge < -0.3 is 10.1 Å². The lowest BCUT2D eigenvalue weighted by molar-refractivity contribution is -0.668. The molecule has 2 N–H and O–H groups in total. The molecule has 0 aromatic carbocycles. The van der Waals surface area contributed by atoms with Gasteiger partial charge in [0.15, 0.2) is 3.74 Å². The highest BCUT2D eigenvalue weighted by Crippen LogP contribution is 2.29. The van der Waals surface area contributed by atoms with Crippen LogP contribution in [0.3, 0.4) is 0 Å². The van der Waals surface area contributed by atoms with Crippen LogP contribution in [0.25, 0.3) is 0 Å². The van der Waals surface area contributed by atoms with Gasteiger partial charge in [-0.1, -0.05) is 45.2 Å². The van der Waals surface area contributed by atoms with Gasteiger partial charge >= 0.3 is 5.97 Å². The highest BCUT2D eigenvalue weighted by atomic mass is 79.9. The zero-order valence-electron chi connectivity index (χ0n) is 8.97. The third-order valence-corrected chi connectivity index (χ3v) is 3.56. The minimum atomic E-state index is -0.385. The molecule has 0 aromatic rings. The number of hydrogen-bond donors (Lipinski definition) is 1. The Morgan fingerprint density at radius 1 is 1.47 bits per heavy atom. The number of ether oxygens (including phenoxy) is 1. The maximum atomic E-state index is 11.6. The van der Waals surface area contributed by atoms with Crippen LogP contribution in [0, 0.1) is 0 Å². The SMILES string of the molecule is CCCC1(OC(=O)C(Br)Br)CC[NH2+]CC1. The first-order chi connectivity index (χ1) is 7.09. The molecule has 15 heavy (non-hydrogen) atoms. The maximum absolute atomic E-state index is 11.6. The molecule has 0 aliphatic carbocycles. The van der Waals surface area contributed by atoms with Gasteiger partial charge in [-0.25, -0.2) is 4.79 Å². The molecule has 1 fully saturated rings. The average Bonchev–Trinajstić information content (AvgIpc) is 2.19. The van der Waals surface area contributed by atoms with Crippen LogP contribution in [0.2, 0.25) is 0 Å². The molecule has 88 valence electrons. The number of halogens is 2. The number of esters is 1. The van der Waals surface area contributed by atoms with Crippen molar-refractivity contribution >= 4 is 37.8 Å². The van der Waals surface area contributed by atoms with Gasteiger partial charge in [0.2, 0.25) is 0 Å². The molecule has 1 heterocycles. The lowest BCUT2D eigenvalue weighted by Gasteiger charge is -2.35. The van der Waals surface area contributed by atoms with E-state index >= 15 is 0 Å². The summed E-state index contributed by atoms with van der Waals surface area (Å²) in [6, 6.07) is 0. The first kappa shape index (κ1) is 13.5. The zero-order chi connectivity index (χ0) is 11.3. The van der Waals surface area contributed by atoms with Crippen LogP contribution in [0.5, 0.6) is 0 Å². The molecule has 0 saturated carbocycles. The van der Waals surface area contributed by atoms with E-state index in [4.69, 9.17) is 4.74 Å². The van der Waals surface area contributed by atoms with Crippen molar-refractivity contribution in [1.82, 2.24) is 0 Å². The van der Waals surface area contributed by atoms with Crippen molar-refractivity contribution in [3.8, 4) is 0 Å². The molecule has 1 saturated heterocycles. The van der Waals surface area contributed by atoms with E-state index < -0.39 is 0 Å². The van der Waals surface area contributed by atoms with Gasteiger partial charge in [0.1, 0.15) is 5.60 Å². The number of carbonyl (C=O) groups excluding carboxylic acids is 1. The van der Waals surface area contributed by atoms with Crippen molar-refractivity contribution in [2.45, 2.75) is 41.9 Å². The Hall–Kier alpha value is 0.390. The molecule has 0 bridgehead atoms. The Bertz CT molecular complexity index is 210. The fourth-order valence-electron chi connectivity index (χ4n) is 2.12. The van der Waals surface area contributed by atoms with Crippen LogP contribution in [-0.2, 0) is 9.53 Å². The molecule has 0 atom stereocenters. The van der Waals surface area contributed by atoms with Crippen molar-refractivity contribution < 1.29 is 14.8 Å². The van der Waals surface area contributed by atoms with Crippen LogP contribution >= 0.6 is 31.9 Å². The van der Waals surface area contributed by atoms with Gasteiger partial charge in [-0.05, 0) is 6.42 Å². The smallest absolute Gasteiger partial charge is 0.331 e. The molecule has 0 radical (unpaired) electrons. The van der Waals surface area contributed by atoms with E-state index in [1.807, 2.05) is 0 Å². The van der Waals surface area contributed by atoms with Crippen LogP contribution in [0.1, 0.15) is 32.6 Å². The highest BCUT2D eigenvalue weighted by molar-refractivity contribution is 9.25. The fourth-order valence-corrected chi connectivity index (χ4v) is 2.30. The molecular weight excluding hydrogens is 326 g/mol. The van der Waals surface area contributed by atoms with E-state index in [1.165, 1.54) is 0 Å². The first-order valence-corrected chi connectivity index (χ1v) is 7.25. The molecule has 5 heteroatoms. The molecule has 1 rings (SSSR count). The van der Waals surface area contributed by atoms with Gasteiger partial charge in [0, 0.05) is 12.8 Å². The second-order valence-electron chi connectivity index (χ2n) is 4.02. The Kier molecular flexibility index (Phi) is 5.57. The summed E-state index contributed by atoms with van der Waals surface area (Å²) in [7, 11) is 0. The molecule has 0 unspecified atom stereocenters. The van der Waals surface area contributed by atoms with Crippen LogP contribution in [-0.4, -0.2) is 28.4 Å². The predicted octanol–water partition coefficient (Wildman–Crippen LogP) is 1.54. The van der Waals surface area contributed by atoms with Crippen molar-refractivity contribution in [2.75, 3.05) is 13.1 Å². The second kappa shape index (κ2) is 6.21. The minimum absolute atomic E-state index is 0.203. The van der Waals surface area contributed by atoms with E-state index in [1.54, 1.807) is 0 Å². The van der Waals surface area contributed by atoms with Crippen molar-refractivity contribution in [3.05, 3.63) is 0 Å². The third kappa shape index (κ3) is 4.04. The number of quaternary nitrogens is 1. The number of nitrogens with two attached hydrogens (primary N) is 1. The van der Waals surface area contributed by atoms with Gasteiger partial charge in [-0.2, -0.15) is 0 Å². The summed E-state index contributed by atoms with van der Waals surface area (Å²) in [5, 5.41) is 2.28. The van der Waals surface area contributed by atoms with Crippen LogP contribution in [0.15, 0.2) is 0 Å². The summed E-state index contributed by atoms with van der Waals surface area (Å²) < 4.78 is 5.24. The summed E-state index contributed by atoms with van der Waals surface area (Å²) in [6.07, 6.45) is 3.97. The maximum Gasteiger partial charge on any atom is 0.331 e. The van der Waals surface area contributed by atoms with Gasteiger partial charge in [0.25, 0.3) is 0 Å². The Labute approximate surface area is 108 Å². The standard InChI is InChI=1S/C10H17Br2NO2/c1-2-3-10(4-6-13-7-5-10)15-9(14)8(11)12/h8,13H,2-7H2,1H3/p+1. The molecule has 1 aliphatic rings. The first-order valence-electron chi connectivity index (χ1n) is 5.42. The summed E-state index contributed by atoms with van der Waals surface area (Å²) in [4.78, 5) is 11.6. The number of carbonyl (C=O) groups is 1. The van der Waals surface area contributed by atoms with E-state index in [9.17, 15) is 4.79 Å². The normalized spacial score (nSPS) is 20.3. The number of rotatable bonds is 4. The Morgan fingerprint density at radius 2 is 2.07 bits per heavy atom. The number of piperidine rings is 1. The molecule has 0 amide bonds. The van der Waals surface area contributed by atoms with Crippen LogP contribution < -0.4 is 5.32 Å². The molecule has 3 nitrogen and oxygen atoms in total. The minimum Gasteiger partial charge on any atom is -0.457 e. The summed E-state index contributed by atoms with van der Waals surface area (Å²) in [5.41, 5.74) is -0.208. The number of alkyl halides is 2. The van der Waals surface area contributed by atoms with E-state index in [2.05, 4.69) is 44.1 Å². The zero-order valence-corrected chi connectivity index (χ0v) is 12.1. The second-order valence-corrected chi connectivity index (χ2v) is 7.08. The average molecular weight is 344 g/mol. The quantitative estimate of drug-likeness (QED) is 0.621. The van der Waals surface area contributed by atoms with Crippen molar-refractivity contribution in [3.63, 3.8) is 0 Å². The van der Waals surface area contributed by atoms with E-state index in [0.29, 0.717) is 0 Å².